The van der Waals surface area contributed by atoms with E-state index in [1.165, 1.54) is 10.7 Å². The third kappa shape index (κ3) is 1.13. The number of hydrogen-bond acceptors (Lipinski definition) is 4. The van der Waals surface area contributed by atoms with E-state index in [9.17, 15) is 4.79 Å². The van der Waals surface area contributed by atoms with E-state index < -0.39 is 0 Å². The average Bonchev–Trinajstić information content (AvgIpc) is 2.88. The van der Waals surface area contributed by atoms with Crippen LogP contribution >= 0.6 is 0 Å². The molecular weight excluding hydrogens is 196 g/mol. The summed E-state index contributed by atoms with van der Waals surface area (Å²) in [4.78, 5) is 19.2. The maximum Gasteiger partial charge on any atom is 0.348 e. The van der Waals surface area contributed by atoms with Crippen molar-refractivity contribution in [3.8, 4) is 5.82 Å². The van der Waals surface area contributed by atoms with Crippen LogP contribution in [-0.4, -0.2) is 29.1 Å². The molecule has 0 atom stereocenters. The number of aromatic amines is 1. The van der Waals surface area contributed by atoms with Crippen molar-refractivity contribution < 1.29 is 0 Å². The zero-order valence-electron chi connectivity index (χ0n) is 7.53. The molecule has 0 saturated carbocycles. The number of nitrogens with one attached hydrogen (secondary N) is 1. The van der Waals surface area contributed by atoms with Gasteiger partial charge in [-0.2, -0.15) is 5.10 Å². The van der Waals surface area contributed by atoms with E-state index in [0.29, 0.717) is 11.5 Å². The van der Waals surface area contributed by atoms with Crippen molar-refractivity contribution in [2.24, 2.45) is 0 Å². The molecule has 0 aliphatic rings. The molecule has 7 nitrogen and oxygen atoms in total. The summed E-state index contributed by atoms with van der Waals surface area (Å²) in [5, 5.41) is 6.18. The molecule has 0 fully saturated rings. The number of hydrogen-bond donors (Lipinski definition) is 1. The van der Waals surface area contributed by atoms with Crippen molar-refractivity contribution in [1.29, 1.82) is 0 Å². The van der Waals surface area contributed by atoms with Crippen LogP contribution in [0.5, 0.6) is 0 Å². The molecule has 3 rings (SSSR count). The van der Waals surface area contributed by atoms with Gasteiger partial charge in [0.2, 0.25) is 0 Å². The molecule has 3 aromatic rings. The Hall–Kier alpha value is -2.44. The van der Waals surface area contributed by atoms with Crippen LogP contribution in [0, 0.1) is 0 Å². The zero-order valence-corrected chi connectivity index (χ0v) is 7.53. The van der Waals surface area contributed by atoms with Crippen LogP contribution in [-0.2, 0) is 0 Å². The van der Waals surface area contributed by atoms with Crippen molar-refractivity contribution in [3.63, 3.8) is 0 Å². The normalized spacial score (nSPS) is 10.9. The fourth-order valence-corrected chi connectivity index (χ4v) is 1.34. The van der Waals surface area contributed by atoms with Gasteiger partial charge in [-0.05, 0) is 0 Å². The molecule has 0 aliphatic carbocycles. The van der Waals surface area contributed by atoms with Crippen LogP contribution in [0.25, 0.3) is 11.5 Å². The maximum atomic E-state index is 11.2. The van der Waals surface area contributed by atoms with Gasteiger partial charge in [0.25, 0.3) is 0 Å². The summed E-state index contributed by atoms with van der Waals surface area (Å²) in [5.41, 5.74) is 0.230. The summed E-state index contributed by atoms with van der Waals surface area (Å²) in [7, 11) is 0. The second-order valence-corrected chi connectivity index (χ2v) is 2.97. The molecule has 0 spiro atoms. The lowest BCUT2D eigenvalue weighted by Gasteiger charge is -1.99. The smallest absolute Gasteiger partial charge is 0.290 e. The fourth-order valence-electron chi connectivity index (χ4n) is 1.34. The predicted octanol–water partition coefficient (Wildman–Crippen LogP) is -0.397. The van der Waals surface area contributed by atoms with E-state index in [1.807, 2.05) is 0 Å². The maximum absolute atomic E-state index is 11.2. The highest BCUT2D eigenvalue weighted by atomic mass is 16.1. The van der Waals surface area contributed by atoms with Gasteiger partial charge in [0.1, 0.15) is 18.5 Å². The first-order valence-corrected chi connectivity index (χ1v) is 4.26. The number of fused-ring (bicyclic) bond motifs is 1. The van der Waals surface area contributed by atoms with Crippen molar-refractivity contribution in [2.45, 2.75) is 0 Å². The predicted molar refractivity (Wildman–Crippen MR) is 50.7 cm³/mol. The summed E-state index contributed by atoms with van der Waals surface area (Å²) in [6.07, 6.45) is 6.48. The van der Waals surface area contributed by atoms with Gasteiger partial charge >= 0.3 is 5.69 Å². The highest BCUT2D eigenvalue weighted by Gasteiger charge is 2.02. The minimum atomic E-state index is -0.297. The lowest BCUT2D eigenvalue weighted by molar-refractivity contribution is 0.941. The quantitative estimate of drug-likeness (QED) is 0.582. The Morgan fingerprint density at radius 1 is 1.33 bits per heavy atom. The van der Waals surface area contributed by atoms with E-state index in [4.69, 9.17) is 0 Å². The molecule has 15 heavy (non-hydrogen) atoms. The minimum absolute atomic E-state index is 0.297. The van der Waals surface area contributed by atoms with E-state index in [-0.39, 0.29) is 5.69 Å². The molecule has 0 saturated heterocycles. The lowest BCUT2D eigenvalue weighted by atomic mass is 10.5. The molecule has 3 aromatic heterocycles. The molecule has 0 amide bonds. The highest BCUT2D eigenvalue weighted by molar-refractivity contribution is 5.42. The van der Waals surface area contributed by atoms with Crippen molar-refractivity contribution in [2.75, 3.05) is 0 Å². The van der Waals surface area contributed by atoms with E-state index >= 15 is 0 Å². The van der Waals surface area contributed by atoms with E-state index in [0.717, 1.165) is 0 Å². The standard InChI is InChI=1S/C8H6N6O/c15-8-12-11-7-3-6(10-5-14(7)8)13-2-1-9-4-13/h1-5H,(H,12,15). The number of nitrogens with zero attached hydrogens (tertiary/aromatic N) is 5. The van der Waals surface area contributed by atoms with Crippen molar-refractivity contribution in [3.05, 3.63) is 41.6 Å². The van der Waals surface area contributed by atoms with Crippen LogP contribution in [0.4, 0.5) is 0 Å². The van der Waals surface area contributed by atoms with Crippen LogP contribution in [0.15, 0.2) is 35.9 Å². The van der Waals surface area contributed by atoms with Gasteiger partial charge in [0.15, 0.2) is 5.65 Å². The van der Waals surface area contributed by atoms with Gasteiger partial charge in [0, 0.05) is 18.5 Å². The third-order valence-electron chi connectivity index (χ3n) is 2.06. The molecule has 3 heterocycles. The second-order valence-electron chi connectivity index (χ2n) is 2.97. The number of imidazole rings is 1. The van der Waals surface area contributed by atoms with Gasteiger partial charge in [-0.3, -0.25) is 4.57 Å². The van der Waals surface area contributed by atoms with Crippen LogP contribution in [0.2, 0.25) is 0 Å². The molecule has 1 N–H and O–H groups in total. The Morgan fingerprint density at radius 2 is 2.27 bits per heavy atom. The summed E-state index contributed by atoms with van der Waals surface area (Å²) >= 11 is 0. The summed E-state index contributed by atoms with van der Waals surface area (Å²) in [6.45, 7) is 0. The molecule has 0 unspecified atom stereocenters. The van der Waals surface area contributed by atoms with Crippen molar-refractivity contribution in [1.82, 2.24) is 29.1 Å². The zero-order chi connectivity index (χ0) is 10.3. The highest BCUT2D eigenvalue weighted by Crippen LogP contribution is 2.03. The van der Waals surface area contributed by atoms with Gasteiger partial charge < -0.3 is 0 Å². The van der Waals surface area contributed by atoms with Gasteiger partial charge in [-0.1, -0.05) is 0 Å². The Bertz CT molecular complexity index is 649. The first-order valence-electron chi connectivity index (χ1n) is 4.26. The molecule has 0 aliphatic heterocycles. The summed E-state index contributed by atoms with van der Waals surface area (Å²) in [6, 6.07) is 1.69. The van der Waals surface area contributed by atoms with Crippen molar-refractivity contribution >= 4 is 5.65 Å². The largest absolute Gasteiger partial charge is 0.348 e. The minimum Gasteiger partial charge on any atom is -0.290 e. The van der Waals surface area contributed by atoms with Gasteiger partial charge in [0.05, 0.1) is 0 Å². The monoisotopic (exact) mass is 202 g/mol. The summed E-state index contributed by atoms with van der Waals surface area (Å²) < 4.78 is 3.07. The number of rotatable bonds is 1. The first-order chi connectivity index (χ1) is 7.34. The molecule has 0 radical (unpaired) electrons. The number of H-pyrrole nitrogens is 1. The SMILES string of the molecule is O=c1[nH]nc2cc(-n3ccnc3)ncn12. The van der Waals surface area contributed by atoms with Crippen LogP contribution in [0.1, 0.15) is 0 Å². The Morgan fingerprint density at radius 3 is 3.07 bits per heavy atom. The topological polar surface area (TPSA) is 80.9 Å². The average molecular weight is 202 g/mol. The Labute approximate surface area is 83.0 Å². The van der Waals surface area contributed by atoms with Crippen LogP contribution in [0.3, 0.4) is 0 Å². The molecule has 7 heteroatoms. The second kappa shape index (κ2) is 2.77. The molecular formula is C8H6N6O. The molecule has 74 valence electrons. The molecule has 0 aromatic carbocycles. The first kappa shape index (κ1) is 7.92. The Balaban J connectivity index is 2.27. The van der Waals surface area contributed by atoms with Gasteiger partial charge in [-0.15, -0.1) is 0 Å². The molecule has 0 bridgehead atoms. The van der Waals surface area contributed by atoms with Crippen LogP contribution < -0.4 is 5.69 Å². The fraction of sp³-hybridized carbons (Fsp3) is 0. The van der Waals surface area contributed by atoms with E-state index in [2.05, 4.69) is 20.2 Å². The van der Waals surface area contributed by atoms with E-state index in [1.54, 1.807) is 29.4 Å². The third-order valence-corrected chi connectivity index (χ3v) is 2.06. The number of aromatic nitrogens is 6. The Kier molecular flexibility index (Phi) is 1.46. The van der Waals surface area contributed by atoms with Gasteiger partial charge in [-0.25, -0.2) is 24.3 Å². The lowest BCUT2D eigenvalue weighted by Crippen LogP contribution is -2.10. The summed E-state index contributed by atoms with van der Waals surface area (Å²) in [5.74, 6) is 0.666.